The predicted octanol–water partition coefficient (Wildman–Crippen LogP) is 3.55. The summed E-state index contributed by atoms with van der Waals surface area (Å²) in [5.41, 5.74) is 1.26. The average Bonchev–Trinajstić information content (AvgIpc) is 2.80. The highest BCUT2D eigenvalue weighted by Gasteiger charge is 2.18. The Morgan fingerprint density at radius 2 is 1.95 bits per heavy atom. The zero-order valence-corrected chi connectivity index (χ0v) is 13.5. The van der Waals surface area contributed by atoms with Crippen molar-refractivity contribution in [2.45, 2.75) is 77.7 Å². The van der Waals surface area contributed by atoms with Crippen molar-refractivity contribution < 1.29 is 4.79 Å². The molecule has 0 aliphatic heterocycles. The first kappa shape index (κ1) is 16.1. The van der Waals surface area contributed by atoms with E-state index < -0.39 is 0 Å². The van der Waals surface area contributed by atoms with E-state index in [1.165, 1.54) is 50.6 Å². The summed E-state index contributed by atoms with van der Waals surface area (Å²) >= 11 is 0. The molecule has 4 nitrogen and oxygen atoms in total. The lowest BCUT2D eigenvalue weighted by atomic mass is 9.96. The van der Waals surface area contributed by atoms with Crippen LogP contribution in [0, 0.1) is 6.92 Å². The summed E-state index contributed by atoms with van der Waals surface area (Å²) in [6, 6.07) is 0.602. The number of hydrogen-bond donors (Lipinski definition) is 1. The van der Waals surface area contributed by atoms with E-state index in [2.05, 4.69) is 21.8 Å². The van der Waals surface area contributed by atoms with Gasteiger partial charge in [-0.2, -0.15) is 0 Å². The molecule has 0 spiro atoms. The Kier molecular flexibility index (Phi) is 6.27. The minimum Gasteiger partial charge on any atom is -0.356 e. The number of hydrogen-bond acceptors (Lipinski definition) is 2. The molecule has 1 amide bonds. The van der Waals surface area contributed by atoms with Gasteiger partial charge < -0.3 is 9.88 Å². The van der Waals surface area contributed by atoms with E-state index in [0.29, 0.717) is 19.0 Å². The summed E-state index contributed by atoms with van der Waals surface area (Å²) < 4.78 is 2.43. The van der Waals surface area contributed by atoms with Gasteiger partial charge in [0.2, 0.25) is 5.91 Å². The third-order valence-corrected chi connectivity index (χ3v) is 4.49. The highest BCUT2D eigenvalue weighted by molar-refractivity contribution is 5.75. The molecule has 0 aromatic carbocycles. The number of imidazole rings is 1. The molecule has 1 aromatic rings. The third kappa shape index (κ3) is 4.58. The van der Waals surface area contributed by atoms with Crippen molar-refractivity contribution >= 4 is 5.91 Å². The molecule has 118 valence electrons. The van der Waals surface area contributed by atoms with Crippen molar-refractivity contribution in [1.29, 1.82) is 0 Å². The topological polar surface area (TPSA) is 46.9 Å². The van der Waals surface area contributed by atoms with E-state index in [1.807, 2.05) is 13.1 Å². The van der Waals surface area contributed by atoms with Gasteiger partial charge >= 0.3 is 0 Å². The number of amides is 1. The summed E-state index contributed by atoms with van der Waals surface area (Å²) in [6.07, 6.45) is 12.7. The SMILES string of the molecule is CCC(=O)NCCc1ncc(C)n1C1CCCCCCC1. The smallest absolute Gasteiger partial charge is 0.219 e. The van der Waals surface area contributed by atoms with Gasteiger partial charge in [-0.1, -0.05) is 39.0 Å². The Morgan fingerprint density at radius 1 is 1.29 bits per heavy atom. The normalized spacial score (nSPS) is 17.2. The van der Waals surface area contributed by atoms with Crippen molar-refractivity contribution in [2.24, 2.45) is 0 Å². The van der Waals surface area contributed by atoms with Gasteiger partial charge in [0.25, 0.3) is 0 Å². The maximum atomic E-state index is 11.3. The molecule has 1 aromatic heterocycles. The fraction of sp³-hybridized carbons (Fsp3) is 0.765. The van der Waals surface area contributed by atoms with Crippen LogP contribution >= 0.6 is 0 Å². The van der Waals surface area contributed by atoms with Gasteiger partial charge in [-0.3, -0.25) is 4.79 Å². The van der Waals surface area contributed by atoms with Gasteiger partial charge in [-0.15, -0.1) is 0 Å². The molecule has 0 unspecified atom stereocenters. The number of carbonyl (C=O) groups is 1. The Labute approximate surface area is 128 Å². The summed E-state index contributed by atoms with van der Waals surface area (Å²) in [5, 5.41) is 2.95. The van der Waals surface area contributed by atoms with Crippen LogP contribution in [-0.4, -0.2) is 22.0 Å². The number of aryl methyl sites for hydroxylation is 1. The van der Waals surface area contributed by atoms with Gasteiger partial charge in [0.15, 0.2) is 0 Å². The highest BCUT2D eigenvalue weighted by atomic mass is 16.1. The predicted molar refractivity (Wildman–Crippen MR) is 85.3 cm³/mol. The van der Waals surface area contributed by atoms with E-state index in [1.54, 1.807) is 0 Å². The van der Waals surface area contributed by atoms with Crippen LogP contribution in [0.15, 0.2) is 6.20 Å². The molecule has 0 radical (unpaired) electrons. The molecular weight excluding hydrogens is 262 g/mol. The van der Waals surface area contributed by atoms with E-state index in [4.69, 9.17) is 0 Å². The van der Waals surface area contributed by atoms with E-state index in [0.717, 1.165) is 12.2 Å². The third-order valence-electron chi connectivity index (χ3n) is 4.49. The maximum absolute atomic E-state index is 11.3. The number of aromatic nitrogens is 2. The lowest BCUT2D eigenvalue weighted by molar-refractivity contribution is -0.120. The van der Waals surface area contributed by atoms with Crippen molar-refractivity contribution in [3.63, 3.8) is 0 Å². The first-order chi connectivity index (χ1) is 10.2. The van der Waals surface area contributed by atoms with E-state index >= 15 is 0 Å². The van der Waals surface area contributed by atoms with Gasteiger partial charge in [0, 0.05) is 37.3 Å². The van der Waals surface area contributed by atoms with Crippen LogP contribution in [0.1, 0.15) is 75.9 Å². The monoisotopic (exact) mass is 291 g/mol. The van der Waals surface area contributed by atoms with Crippen LogP contribution in [0.25, 0.3) is 0 Å². The molecule has 1 aliphatic carbocycles. The van der Waals surface area contributed by atoms with Crippen molar-refractivity contribution in [3.8, 4) is 0 Å². The van der Waals surface area contributed by atoms with Crippen molar-refractivity contribution in [1.82, 2.24) is 14.9 Å². The molecule has 1 N–H and O–H groups in total. The zero-order chi connectivity index (χ0) is 15.1. The van der Waals surface area contributed by atoms with Gasteiger partial charge in [0.05, 0.1) is 0 Å². The molecule has 1 heterocycles. The zero-order valence-electron chi connectivity index (χ0n) is 13.5. The Hall–Kier alpha value is -1.32. The molecular formula is C17H29N3O. The minimum atomic E-state index is 0.121. The number of rotatable bonds is 5. The van der Waals surface area contributed by atoms with Crippen LogP contribution in [-0.2, 0) is 11.2 Å². The van der Waals surface area contributed by atoms with Crippen LogP contribution in [0.5, 0.6) is 0 Å². The van der Waals surface area contributed by atoms with E-state index in [9.17, 15) is 4.79 Å². The fourth-order valence-electron chi connectivity index (χ4n) is 3.31. The molecule has 0 bridgehead atoms. The summed E-state index contributed by atoms with van der Waals surface area (Å²) in [4.78, 5) is 15.9. The Morgan fingerprint density at radius 3 is 2.62 bits per heavy atom. The van der Waals surface area contributed by atoms with Gasteiger partial charge in [-0.25, -0.2) is 4.98 Å². The minimum absolute atomic E-state index is 0.121. The molecule has 0 saturated heterocycles. The lowest BCUT2D eigenvalue weighted by Gasteiger charge is -2.24. The van der Waals surface area contributed by atoms with Crippen LogP contribution in [0.4, 0.5) is 0 Å². The Bertz CT molecular complexity index is 445. The van der Waals surface area contributed by atoms with E-state index in [-0.39, 0.29) is 5.91 Å². The second-order valence-corrected chi connectivity index (χ2v) is 6.14. The molecule has 21 heavy (non-hydrogen) atoms. The van der Waals surface area contributed by atoms with Gasteiger partial charge in [-0.05, 0) is 19.8 Å². The summed E-state index contributed by atoms with van der Waals surface area (Å²) in [7, 11) is 0. The second kappa shape index (κ2) is 8.20. The van der Waals surface area contributed by atoms with Crippen LogP contribution in [0.2, 0.25) is 0 Å². The molecule has 0 atom stereocenters. The van der Waals surface area contributed by atoms with Gasteiger partial charge in [0.1, 0.15) is 5.82 Å². The standard InChI is InChI=1S/C17H29N3O/c1-3-17(21)18-12-11-16-19-13-14(2)20(16)15-9-7-5-4-6-8-10-15/h13,15H,3-12H2,1-2H3,(H,18,21). The van der Waals surface area contributed by atoms with Crippen LogP contribution < -0.4 is 5.32 Å². The molecule has 1 fully saturated rings. The summed E-state index contributed by atoms with van der Waals surface area (Å²) in [6.45, 7) is 4.73. The van der Waals surface area contributed by atoms with Crippen molar-refractivity contribution in [3.05, 3.63) is 17.7 Å². The van der Waals surface area contributed by atoms with Crippen molar-refractivity contribution in [2.75, 3.05) is 6.54 Å². The number of nitrogens with zero attached hydrogens (tertiary/aromatic N) is 2. The first-order valence-electron chi connectivity index (χ1n) is 8.51. The fourth-order valence-corrected chi connectivity index (χ4v) is 3.31. The van der Waals surface area contributed by atoms with Crippen LogP contribution in [0.3, 0.4) is 0 Å². The Balaban J connectivity index is 2.00. The molecule has 2 rings (SSSR count). The molecule has 1 saturated carbocycles. The molecule has 1 aliphatic rings. The number of nitrogens with one attached hydrogen (secondary N) is 1. The lowest BCUT2D eigenvalue weighted by Crippen LogP contribution is -2.26. The summed E-state index contributed by atoms with van der Waals surface area (Å²) in [5.74, 6) is 1.25. The average molecular weight is 291 g/mol. The molecule has 4 heteroatoms. The second-order valence-electron chi connectivity index (χ2n) is 6.14. The maximum Gasteiger partial charge on any atom is 0.219 e. The highest BCUT2D eigenvalue weighted by Crippen LogP contribution is 2.28. The first-order valence-corrected chi connectivity index (χ1v) is 8.51. The largest absolute Gasteiger partial charge is 0.356 e. The quantitative estimate of drug-likeness (QED) is 0.902. The number of carbonyl (C=O) groups excluding carboxylic acids is 1.